The molecule has 0 unspecified atom stereocenters. The number of carbonyl (C=O) groups is 3. The number of benzene rings is 5. The normalized spacial score (nSPS) is 11.7. The molecule has 7 heteroatoms. The molecule has 6 aromatic rings. The van der Waals surface area contributed by atoms with Gasteiger partial charge in [0.2, 0.25) is 5.91 Å². The fourth-order valence-corrected chi connectivity index (χ4v) is 5.38. The monoisotopic (exact) mass is 596 g/mol. The number of carboxylic acids is 1. The molecule has 0 saturated carbocycles. The van der Waals surface area contributed by atoms with Crippen molar-refractivity contribution < 1.29 is 23.9 Å². The van der Waals surface area contributed by atoms with Crippen molar-refractivity contribution in [2.75, 3.05) is 10.6 Å². The summed E-state index contributed by atoms with van der Waals surface area (Å²) in [5.41, 5.74) is 4.60. The van der Waals surface area contributed by atoms with Gasteiger partial charge in [-0.1, -0.05) is 60.7 Å². The first-order valence-electron chi connectivity index (χ1n) is 14.9. The first kappa shape index (κ1) is 29.4. The van der Waals surface area contributed by atoms with Gasteiger partial charge in [-0.05, 0) is 83.4 Å². The lowest BCUT2D eigenvalue weighted by atomic mass is 10.0. The van der Waals surface area contributed by atoms with E-state index in [4.69, 9.17) is 9.52 Å². The molecule has 7 nitrogen and oxygen atoms in total. The number of carboxylic acid groups (broad SMARTS) is 1. The van der Waals surface area contributed by atoms with Gasteiger partial charge < -0.3 is 20.2 Å². The number of aliphatic carboxylic acids is 1. The number of para-hydroxylation sites is 1. The Morgan fingerprint density at radius 1 is 0.689 bits per heavy atom. The number of anilines is 2. The number of hydrogen-bond acceptors (Lipinski definition) is 5. The van der Waals surface area contributed by atoms with Crippen LogP contribution in [0.25, 0.3) is 33.1 Å². The van der Waals surface area contributed by atoms with E-state index in [9.17, 15) is 14.4 Å². The second kappa shape index (κ2) is 13.3. The summed E-state index contributed by atoms with van der Waals surface area (Å²) in [6.45, 7) is 0. The van der Waals surface area contributed by atoms with Crippen LogP contribution in [0.3, 0.4) is 0 Å². The van der Waals surface area contributed by atoms with Crippen molar-refractivity contribution in [3.8, 4) is 11.3 Å². The van der Waals surface area contributed by atoms with Gasteiger partial charge in [0.05, 0.1) is 0 Å². The number of hydrogen-bond donors (Lipinski definition) is 3. The molecule has 1 heterocycles. The smallest absolute Gasteiger partial charge is 0.303 e. The van der Waals surface area contributed by atoms with E-state index >= 15 is 0 Å². The van der Waals surface area contributed by atoms with E-state index < -0.39 is 12.0 Å². The Labute approximate surface area is 260 Å². The lowest BCUT2D eigenvalue weighted by Gasteiger charge is -2.20. The van der Waals surface area contributed by atoms with E-state index in [-0.39, 0.29) is 24.5 Å². The van der Waals surface area contributed by atoms with Gasteiger partial charge in [-0.15, -0.1) is 0 Å². The van der Waals surface area contributed by atoms with Gasteiger partial charge in [0.25, 0.3) is 0 Å². The van der Waals surface area contributed by atoms with Crippen molar-refractivity contribution in [2.45, 2.75) is 31.7 Å². The third-order valence-electron chi connectivity index (χ3n) is 7.77. The maximum atomic E-state index is 13.7. The fourth-order valence-electron chi connectivity index (χ4n) is 5.38. The quantitative estimate of drug-likeness (QED) is 0.123. The molecule has 1 atom stereocenters. The largest absolute Gasteiger partial charge is 0.481 e. The molecule has 5 aromatic carbocycles. The molecule has 0 spiro atoms. The van der Waals surface area contributed by atoms with Crippen LogP contribution in [0.2, 0.25) is 0 Å². The van der Waals surface area contributed by atoms with Crippen LogP contribution in [-0.4, -0.2) is 28.8 Å². The Kier molecular flexibility index (Phi) is 8.69. The molecule has 0 aliphatic rings. The second-order valence-electron chi connectivity index (χ2n) is 11.0. The van der Waals surface area contributed by atoms with Crippen molar-refractivity contribution in [1.29, 1.82) is 0 Å². The zero-order valence-electron chi connectivity index (χ0n) is 24.5. The van der Waals surface area contributed by atoms with Crippen LogP contribution < -0.4 is 10.6 Å². The third kappa shape index (κ3) is 7.28. The van der Waals surface area contributed by atoms with E-state index in [0.717, 1.165) is 38.6 Å². The molecule has 0 saturated heterocycles. The van der Waals surface area contributed by atoms with Crippen LogP contribution >= 0.6 is 0 Å². The zero-order chi connectivity index (χ0) is 31.2. The minimum atomic E-state index is -0.916. The highest BCUT2D eigenvalue weighted by molar-refractivity contribution is 5.98. The Balaban J connectivity index is 1.19. The van der Waals surface area contributed by atoms with Crippen LogP contribution in [-0.2, 0) is 16.0 Å². The predicted octanol–water partition coefficient (Wildman–Crippen LogP) is 8.35. The van der Waals surface area contributed by atoms with E-state index in [2.05, 4.69) is 34.9 Å². The summed E-state index contributed by atoms with van der Waals surface area (Å²) >= 11 is 0. The van der Waals surface area contributed by atoms with Gasteiger partial charge in [0, 0.05) is 47.2 Å². The Bertz CT molecular complexity index is 1940. The van der Waals surface area contributed by atoms with Crippen LogP contribution in [0.15, 0.2) is 126 Å². The molecule has 0 aliphatic carbocycles. The highest BCUT2D eigenvalue weighted by Crippen LogP contribution is 2.29. The summed E-state index contributed by atoms with van der Waals surface area (Å²) in [6, 6.07) is 38.0. The number of carbonyl (C=O) groups excluding carboxylic acids is 2. The molecular weight excluding hydrogens is 564 g/mol. The molecule has 1 aromatic heterocycles. The number of amides is 1. The molecule has 45 heavy (non-hydrogen) atoms. The fraction of sp³-hybridized carbons (Fsp3) is 0.132. The first-order chi connectivity index (χ1) is 21.9. The summed E-state index contributed by atoms with van der Waals surface area (Å²) in [6.07, 6.45) is 0.853. The maximum Gasteiger partial charge on any atom is 0.303 e. The van der Waals surface area contributed by atoms with Gasteiger partial charge in [-0.25, -0.2) is 0 Å². The van der Waals surface area contributed by atoms with E-state index in [1.54, 1.807) is 24.3 Å². The highest BCUT2D eigenvalue weighted by atomic mass is 16.4. The minimum absolute atomic E-state index is 0.0421. The average Bonchev–Trinajstić information content (AvgIpc) is 3.49. The van der Waals surface area contributed by atoms with Crippen LogP contribution in [0.1, 0.15) is 35.2 Å². The molecule has 3 N–H and O–H groups in total. The molecule has 1 amide bonds. The van der Waals surface area contributed by atoms with Gasteiger partial charge in [0.1, 0.15) is 17.4 Å². The highest BCUT2D eigenvalue weighted by Gasteiger charge is 2.20. The standard InChI is InChI=1S/C38H32N2O5/c41-34(9-5-11-37(42)43)27-14-18-31(19-15-27)39-33(23-25-12-13-26-6-1-2-7-29(26)22-25)38(44)40-32-20-16-28(17-21-32)36-24-30-8-3-4-10-35(30)45-36/h1-4,6-8,10,12-22,24,33,39H,5,9,11,23H2,(H,40,44)(H,42,43)/t33-/m0/s1. The maximum absolute atomic E-state index is 13.7. The van der Waals surface area contributed by atoms with Crippen LogP contribution in [0, 0.1) is 0 Å². The van der Waals surface area contributed by atoms with Crippen molar-refractivity contribution in [3.05, 3.63) is 132 Å². The lowest BCUT2D eigenvalue weighted by Crippen LogP contribution is -2.36. The molecular formula is C38H32N2O5. The molecule has 224 valence electrons. The Hall–Kier alpha value is -5.69. The number of ketones is 1. The predicted molar refractivity (Wildman–Crippen MR) is 178 cm³/mol. The van der Waals surface area contributed by atoms with Crippen molar-refractivity contribution >= 4 is 50.8 Å². The lowest BCUT2D eigenvalue weighted by molar-refractivity contribution is -0.137. The number of Topliss-reactive ketones (excluding diaryl/α,β-unsaturated/α-hetero) is 1. The molecule has 0 aliphatic heterocycles. The topological polar surface area (TPSA) is 109 Å². The molecule has 0 fully saturated rings. The summed E-state index contributed by atoms with van der Waals surface area (Å²) in [4.78, 5) is 37.0. The van der Waals surface area contributed by atoms with Crippen molar-refractivity contribution in [1.82, 2.24) is 0 Å². The summed E-state index contributed by atoms with van der Waals surface area (Å²) in [7, 11) is 0. The molecule has 6 rings (SSSR count). The number of rotatable bonds is 12. The van der Waals surface area contributed by atoms with Crippen LogP contribution in [0.5, 0.6) is 0 Å². The molecule has 0 bridgehead atoms. The van der Waals surface area contributed by atoms with Gasteiger partial charge >= 0.3 is 5.97 Å². The first-order valence-corrected chi connectivity index (χ1v) is 14.9. The summed E-state index contributed by atoms with van der Waals surface area (Å²) in [5, 5.41) is 18.5. The number of furan rings is 1. The SMILES string of the molecule is O=C(O)CCCC(=O)c1ccc(N[C@@H](Cc2ccc3ccccc3c2)C(=O)Nc2ccc(-c3cc4ccccc4o3)cc2)cc1. The summed E-state index contributed by atoms with van der Waals surface area (Å²) in [5.74, 6) is -0.471. The summed E-state index contributed by atoms with van der Waals surface area (Å²) < 4.78 is 5.99. The van der Waals surface area contributed by atoms with Gasteiger partial charge in [0.15, 0.2) is 5.78 Å². The Morgan fingerprint density at radius 3 is 2.11 bits per heavy atom. The van der Waals surface area contributed by atoms with Gasteiger partial charge in [-0.2, -0.15) is 0 Å². The third-order valence-corrected chi connectivity index (χ3v) is 7.77. The zero-order valence-corrected chi connectivity index (χ0v) is 24.5. The van der Waals surface area contributed by atoms with Crippen LogP contribution in [0.4, 0.5) is 11.4 Å². The minimum Gasteiger partial charge on any atom is -0.481 e. The van der Waals surface area contributed by atoms with E-state index in [1.165, 1.54) is 0 Å². The van der Waals surface area contributed by atoms with E-state index in [0.29, 0.717) is 29.8 Å². The van der Waals surface area contributed by atoms with E-state index in [1.807, 2.05) is 72.8 Å². The number of fused-ring (bicyclic) bond motifs is 2. The average molecular weight is 597 g/mol. The second-order valence-corrected chi connectivity index (χ2v) is 11.0. The van der Waals surface area contributed by atoms with Crippen molar-refractivity contribution in [2.24, 2.45) is 0 Å². The molecule has 0 radical (unpaired) electrons. The number of nitrogens with one attached hydrogen (secondary N) is 2. The van der Waals surface area contributed by atoms with Crippen molar-refractivity contribution in [3.63, 3.8) is 0 Å². The Morgan fingerprint density at radius 2 is 1.38 bits per heavy atom. The van der Waals surface area contributed by atoms with Gasteiger partial charge in [-0.3, -0.25) is 14.4 Å².